The van der Waals surface area contributed by atoms with Crippen LogP contribution in [0.5, 0.6) is 5.75 Å². The van der Waals surface area contributed by atoms with Gasteiger partial charge in [0.2, 0.25) is 10.0 Å². The smallest absolute Gasteiger partial charge is 0.258 e. The average molecular weight is 471 g/mol. The third-order valence-electron chi connectivity index (χ3n) is 5.07. The Morgan fingerprint density at radius 3 is 2.39 bits per heavy atom. The minimum atomic E-state index is -3.98. The van der Waals surface area contributed by atoms with Gasteiger partial charge in [-0.2, -0.15) is 0 Å². The molecular formula is C25H27FN2O4S. The first-order chi connectivity index (χ1) is 15.8. The molecule has 174 valence electrons. The first-order valence-corrected chi connectivity index (χ1v) is 12.2. The van der Waals surface area contributed by atoms with Gasteiger partial charge < -0.3 is 10.1 Å². The van der Waals surface area contributed by atoms with E-state index in [1.807, 2.05) is 37.3 Å². The summed E-state index contributed by atoms with van der Waals surface area (Å²) in [6, 6.07) is 19.1. The fourth-order valence-corrected chi connectivity index (χ4v) is 4.69. The highest BCUT2D eigenvalue weighted by Crippen LogP contribution is 2.25. The van der Waals surface area contributed by atoms with E-state index in [1.165, 1.54) is 0 Å². The van der Waals surface area contributed by atoms with E-state index in [9.17, 15) is 17.6 Å². The number of hydrogen-bond acceptors (Lipinski definition) is 4. The number of rotatable bonds is 10. The summed E-state index contributed by atoms with van der Waals surface area (Å²) in [6.45, 7) is 4.08. The lowest BCUT2D eigenvalue weighted by Crippen LogP contribution is -2.36. The Bertz CT molecular complexity index is 1200. The molecule has 3 aromatic carbocycles. The molecule has 0 fully saturated rings. The number of halogens is 1. The number of anilines is 1. The van der Waals surface area contributed by atoms with Gasteiger partial charge in [-0.15, -0.1) is 0 Å². The highest BCUT2D eigenvalue weighted by Gasteiger charge is 2.23. The Morgan fingerprint density at radius 1 is 1.00 bits per heavy atom. The molecule has 0 aliphatic rings. The van der Waals surface area contributed by atoms with Gasteiger partial charge >= 0.3 is 0 Å². The maximum Gasteiger partial charge on any atom is 0.258 e. The first-order valence-electron chi connectivity index (χ1n) is 10.7. The minimum absolute atomic E-state index is 0.182. The molecule has 0 saturated heterocycles. The van der Waals surface area contributed by atoms with Crippen LogP contribution in [-0.2, 0) is 16.4 Å². The standard InChI is InChI=1S/C25H27FN2O4S/c1-3-19(16-18-10-6-5-7-11-18)28-33(30,31)20-14-15-22(26)21(17-20)25(29)27-23-12-8-9-13-24(23)32-4-2/h5-15,17,19,28H,3-4,16H2,1-2H3,(H,27,29)/t19-/m1/s1. The molecule has 1 atom stereocenters. The van der Waals surface area contributed by atoms with Crippen LogP contribution in [0, 0.1) is 5.82 Å². The van der Waals surface area contributed by atoms with Crippen molar-refractivity contribution in [3.05, 3.63) is 89.7 Å². The van der Waals surface area contributed by atoms with Crippen LogP contribution in [0.15, 0.2) is 77.7 Å². The van der Waals surface area contributed by atoms with Crippen molar-refractivity contribution in [1.82, 2.24) is 4.72 Å². The van der Waals surface area contributed by atoms with E-state index >= 15 is 0 Å². The van der Waals surface area contributed by atoms with Crippen LogP contribution in [0.1, 0.15) is 36.2 Å². The monoisotopic (exact) mass is 470 g/mol. The largest absolute Gasteiger partial charge is 0.492 e. The summed E-state index contributed by atoms with van der Waals surface area (Å²) in [7, 11) is -3.98. The predicted molar refractivity (Wildman–Crippen MR) is 127 cm³/mol. The van der Waals surface area contributed by atoms with Crippen molar-refractivity contribution in [3.63, 3.8) is 0 Å². The second-order valence-electron chi connectivity index (χ2n) is 7.44. The van der Waals surface area contributed by atoms with Gasteiger partial charge in [0, 0.05) is 6.04 Å². The molecule has 8 heteroatoms. The number of carbonyl (C=O) groups is 1. The van der Waals surface area contributed by atoms with Gasteiger partial charge in [0.05, 0.1) is 22.8 Å². The number of amides is 1. The lowest BCUT2D eigenvalue weighted by Gasteiger charge is -2.18. The Kier molecular flexibility index (Phi) is 8.19. The van der Waals surface area contributed by atoms with Gasteiger partial charge in [-0.25, -0.2) is 17.5 Å². The van der Waals surface area contributed by atoms with Crippen molar-refractivity contribution in [3.8, 4) is 5.75 Å². The number of hydrogen-bond donors (Lipinski definition) is 2. The van der Waals surface area contributed by atoms with Crippen LogP contribution in [-0.4, -0.2) is 27.0 Å². The van der Waals surface area contributed by atoms with Gasteiger partial charge in [0.1, 0.15) is 11.6 Å². The summed E-state index contributed by atoms with van der Waals surface area (Å²) in [6.07, 6.45) is 1.08. The summed E-state index contributed by atoms with van der Waals surface area (Å²) in [5, 5.41) is 2.60. The van der Waals surface area contributed by atoms with E-state index in [4.69, 9.17) is 4.74 Å². The highest BCUT2D eigenvalue weighted by atomic mass is 32.2. The second-order valence-corrected chi connectivity index (χ2v) is 9.16. The van der Waals surface area contributed by atoms with Crippen molar-refractivity contribution >= 4 is 21.6 Å². The molecule has 2 N–H and O–H groups in total. The van der Waals surface area contributed by atoms with Crippen LogP contribution >= 0.6 is 0 Å². The van der Waals surface area contributed by atoms with Gasteiger partial charge in [-0.05, 0) is 55.7 Å². The molecule has 3 rings (SSSR count). The average Bonchev–Trinajstić information content (AvgIpc) is 2.80. The van der Waals surface area contributed by atoms with Crippen LogP contribution in [0.3, 0.4) is 0 Å². The molecule has 0 bridgehead atoms. The lowest BCUT2D eigenvalue weighted by molar-refractivity contribution is 0.102. The van der Waals surface area contributed by atoms with Crippen molar-refractivity contribution in [2.75, 3.05) is 11.9 Å². The molecule has 0 aromatic heterocycles. The Morgan fingerprint density at radius 2 is 1.70 bits per heavy atom. The molecule has 0 radical (unpaired) electrons. The van der Waals surface area contributed by atoms with Gasteiger partial charge in [0.15, 0.2) is 0 Å². The van der Waals surface area contributed by atoms with E-state index in [-0.39, 0.29) is 16.5 Å². The molecule has 3 aromatic rings. The normalized spacial score (nSPS) is 12.2. The third kappa shape index (κ3) is 6.40. The number of benzene rings is 3. The van der Waals surface area contributed by atoms with Crippen molar-refractivity contribution in [2.45, 2.75) is 37.6 Å². The van der Waals surface area contributed by atoms with Crippen LogP contribution in [0.4, 0.5) is 10.1 Å². The number of ether oxygens (including phenoxy) is 1. The molecule has 33 heavy (non-hydrogen) atoms. The molecule has 0 saturated carbocycles. The fraction of sp³-hybridized carbons (Fsp3) is 0.240. The molecule has 0 spiro atoms. The summed E-state index contributed by atoms with van der Waals surface area (Å²) in [4.78, 5) is 12.6. The Hall–Kier alpha value is -3.23. The first kappa shape index (κ1) is 24.4. The lowest BCUT2D eigenvalue weighted by atomic mass is 10.1. The number of nitrogens with one attached hydrogen (secondary N) is 2. The Balaban J connectivity index is 1.81. The topological polar surface area (TPSA) is 84.5 Å². The molecule has 1 amide bonds. The summed E-state index contributed by atoms with van der Waals surface area (Å²) < 4.78 is 48.6. The summed E-state index contributed by atoms with van der Waals surface area (Å²) >= 11 is 0. The zero-order valence-corrected chi connectivity index (χ0v) is 19.4. The summed E-state index contributed by atoms with van der Waals surface area (Å²) in [5.74, 6) is -1.16. The van der Waals surface area contributed by atoms with Crippen molar-refractivity contribution < 1.29 is 22.3 Å². The maximum atomic E-state index is 14.5. The zero-order chi connectivity index (χ0) is 23.8. The molecular weight excluding hydrogens is 443 g/mol. The van der Waals surface area contributed by atoms with Crippen molar-refractivity contribution in [2.24, 2.45) is 0 Å². The maximum absolute atomic E-state index is 14.5. The molecule has 0 unspecified atom stereocenters. The van der Waals surface area contributed by atoms with E-state index in [2.05, 4.69) is 10.0 Å². The molecule has 0 aliphatic carbocycles. The predicted octanol–water partition coefficient (Wildman–Crippen LogP) is 4.78. The second kappa shape index (κ2) is 11.1. The third-order valence-corrected chi connectivity index (χ3v) is 6.59. The minimum Gasteiger partial charge on any atom is -0.492 e. The van der Waals surface area contributed by atoms with E-state index < -0.39 is 21.7 Å². The van der Waals surface area contributed by atoms with Crippen LogP contribution < -0.4 is 14.8 Å². The quantitative estimate of drug-likeness (QED) is 0.447. The van der Waals surface area contributed by atoms with Gasteiger partial charge in [-0.1, -0.05) is 49.4 Å². The van der Waals surface area contributed by atoms with Gasteiger partial charge in [-0.3, -0.25) is 4.79 Å². The van der Waals surface area contributed by atoms with Crippen LogP contribution in [0.2, 0.25) is 0 Å². The fourth-order valence-electron chi connectivity index (χ4n) is 3.34. The van der Waals surface area contributed by atoms with E-state index in [0.29, 0.717) is 30.9 Å². The molecule has 0 heterocycles. The van der Waals surface area contributed by atoms with Crippen molar-refractivity contribution in [1.29, 1.82) is 0 Å². The van der Waals surface area contributed by atoms with Crippen LogP contribution in [0.25, 0.3) is 0 Å². The highest BCUT2D eigenvalue weighted by molar-refractivity contribution is 7.89. The zero-order valence-electron chi connectivity index (χ0n) is 18.5. The van der Waals surface area contributed by atoms with E-state index in [1.54, 1.807) is 31.2 Å². The number of carbonyl (C=O) groups excluding carboxylic acids is 1. The molecule has 0 aliphatic heterocycles. The SMILES string of the molecule is CCOc1ccccc1NC(=O)c1cc(S(=O)(=O)N[C@H](CC)Cc2ccccc2)ccc1F. The Labute approximate surface area is 193 Å². The van der Waals surface area contributed by atoms with Gasteiger partial charge in [0.25, 0.3) is 5.91 Å². The number of sulfonamides is 1. The van der Waals surface area contributed by atoms with E-state index in [0.717, 1.165) is 23.8 Å². The molecule has 6 nitrogen and oxygen atoms in total. The number of para-hydroxylation sites is 2. The summed E-state index contributed by atoms with van der Waals surface area (Å²) in [5.41, 5.74) is 0.989.